The predicted octanol–water partition coefficient (Wildman–Crippen LogP) is 2.01. The lowest BCUT2D eigenvalue weighted by Crippen LogP contribution is -2.01. The fourth-order valence-corrected chi connectivity index (χ4v) is 1.84. The van der Waals surface area contributed by atoms with Crippen LogP contribution in [0.1, 0.15) is 24.5 Å². The Balaban J connectivity index is 2.04. The summed E-state index contributed by atoms with van der Waals surface area (Å²) in [5.41, 5.74) is 7.52. The molecule has 5 nitrogen and oxygen atoms in total. The Morgan fingerprint density at radius 3 is 2.78 bits per heavy atom. The molecule has 1 aliphatic rings. The maximum Gasteiger partial charge on any atom is 0.213 e. The third-order valence-electron chi connectivity index (χ3n) is 2.92. The number of anilines is 1. The van der Waals surface area contributed by atoms with Gasteiger partial charge in [0.1, 0.15) is 11.5 Å². The molecule has 0 aliphatic heterocycles. The van der Waals surface area contributed by atoms with Crippen molar-refractivity contribution in [2.75, 3.05) is 12.8 Å². The van der Waals surface area contributed by atoms with Gasteiger partial charge in [0.25, 0.3) is 0 Å². The van der Waals surface area contributed by atoms with Crippen LogP contribution in [-0.2, 0) is 0 Å². The molecule has 2 heterocycles. The number of hydrogen-bond donors (Lipinski definition) is 1. The van der Waals surface area contributed by atoms with Crippen LogP contribution in [0.4, 0.5) is 5.82 Å². The van der Waals surface area contributed by atoms with Crippen molar-refractivity contribution in [1.82, 2.24) is 15.0 Å². The van der Waals surface area contributed by atoms with Gasteiger partial charge in [-0.25, -0.2) is 15.0 Å². The van der Waals surface area contributed by atoms with Crippen LogP contribution >= 0.6 is 0 Å². The maximum atomic E-state index is 5.82. The van der Waals surface area contributed by atoms with Crippen molar-refractivity contribution in [3.05, 3.63) is 30.0 Å². The highest BCUT2D eigenvalue weighted by atomic mass is 16.5. The van der Waals surface area contributed by atoms with Crippen molar-refractivity contribution in [2.45, 2.75) is 18.8 Å². The summed E-state index contributed by atoms with van der Waals surface area (Å²) in [6, 6.07) is 7.36. The molecule has 1 fully saturated rings. The van der Waals surface area contributed by atoms with Crippen molar-refractivity contribution in [3.8, 4) is 17.4 Å². The summed E-state index contributed by atoms with van der Waals surface area (Å²) >= 11 is 0. The van der Waals surface area contributed by atoms with Gasteiger partial charge in [-0.15, -0.1) is 0 Å². The zero-order valence-corrected chi connectivity index (χ0v) is 10.1. The van der Waals surface area contributed by atoms with Crippen molar-refractivity contribution in [1.29, 1.82) is 0 Å². The van der Waals surface area contributed by atoms with Gasteiger partial charge in [0.15, 0.2) is 5.82 Å². The summed E-state index contributed by atoms with van der Waals surface area (Å²) in [5, 5.41) is 0. The molecule has 0 amide bonds. The summed E-state index contributed by atoms with van der Waals surface area (Å²) in [6.45, 7) is 0. The fourth-order valence-electron chi connectivity index (χ4n) is 1.84. The van der Waals surface area contributed by atoms with E-state index >= 15 is 0 Å². The molecule has 0 bridgehead atoms. The van der Waals surface area contributed by atoms with Crippen LogP contribution in [0.25, 0.3) is 11.5 Å². The van der Waals surface area contributed by atoms with E-state index in [1.54, 1.807) is 13.2 Å². The number of ether oxygens (including phenoxy) is 1. The third-order valence-corrected chi connectivity index (χ3v) is 2.92. The number of hydrogen-bond acceptors (Lipinski definition) is 5. The molecule has 18 heavy (non-hydrogen) atoms. The zero-order valence-electron chi connectivity index (χ0n) is 10.1. The predicted molar refractivity (Wildman–Crippen MR) is 68.2 cm³/mol. The maximum absolute atomic E-state index is 5.82. The molecule has 1 aliphatic carbocycles. The van der Waals surface area contributed by atoms with E-state index in [0.717, 1.165) is 5.69 Å². The fraction of sp³-hybridized carbons (Fsp3) is 0.308. The Bertz CT molecular complexity index is 581. The Kier molecular flexibility index (Phi) is 2.59. The molecule has 0 spiro atoms. The number of nitrogens with two attached hydrogens (primary N) is 1. The van der Waals surface area contributed by atoms with Crippen LogP contribution in [0.2, 0.25) is 0 Å². The van der Waals surface area contributed by atoms with E-state index in [0.29, 0.717) is 29.1 Å². The molecule has 0 saturated heterocycles. The zero-order chi connectivity index (χ0) is 12.5. The average Bonchev–Trinajstić information content (AvgIpc) is 3.22. The highest BCUT2D eigenvalue weighted by Crippen LogP contribution is 2.39. The van der Waals surface area contributed by atoms with Gasteiger partial charge in [-0.3, -0.25) is 0 Å². The first kappa shape index (κ1) is 11.0. The Hall–Kier alpha value is -2.17. The van der Waals surface area contributed by atoms with E-state index < -0.39 is 0 Å². The largest absolute Gasteiger partial charge is 0.481 e. The molecule has 2 N–H and O–H groups in total. The van der Waals surface area contributed by atoms with Crippen molar-refractivity contribution >= 4 is 5.82 Å². The minimum atomic E-state index is 0.492. The van der Waals surface area contributed by atoms with Gasteiger partial charge in [0, 0.05) is 23.7 Å². The van der Waals surface area contributed by atoms with E-state index in [4.69, 9.17) is 10.5 Å². The van der Waals surface area contributed by atoms with Gasteiger partial charge >= 0.3 is 0 Å². The Morgan fingerprint density at radius 2 is 2.06 bits per heavy atom. The number of methoxy groups -OCH3 is 1. The van der Waals surface area contributed by atoms with Crippen LogP contribution in [-0.4, -0.2) is 22.1 Å². The van der Waals surface area contributed by atoms with E-state index in [9.17, 15) is 0 Å². The summed E-state index contributed by atoms with van der Waals surface area (Å²) in [5.74, 6) is 2.15. The van der Waals surface area contributed by atoms with Crippen molar-refractivity contribution in [2.24, 2.45) is 0 Å². The lowest BCUT2D eigenvalue weighted by Gasteiger charge is -2.05. The van der Waals surface area contributed by atoms with E-state index in [1.807, 2.05) is 18.2 Å². The van der Waals surface area contributed by atoms with E-state index in [1.165, 1.54) is 12.8 Å². The molecule has 0 unspecified atom stereocenters. The highest BCUT2D eigenvalue weighted by Gasteiger charge is 2.26. The van der Waals surface area contributed by atoms with Gasteiger partial charge in [-0.1, -0.05) is 6.07 Å². The number of aromatic nitrogens is 3. The topological polar surface area (TPSA) is 73.9 Å². The Labute approximate surface area is 105 Å². The average molecular weight is 242 g/mol. The third kappa shape index (κ3) is 2.11. The second-order valence-electron chi connectivity index (χ2n) is 4.38. The van der Waals surface area contributed by atoms with Crippen LogP contribution in [0.15, 0.2) is 24.3 Å². The van der Waals surface area contributed by atoms with Crippen LogP contribution < -0.4 is 10.5 Å². The van der Waals surface area contributed by atoms with Crippen molar-refractivity contribution in [3.63, 3.8) is 0 Å². The lowest BCUT2D eigenvalue weighted by atomic mass is 10.2. The second-order valence-corrected chi connectivity index (χ2v) is 4.38. The highest BCUT2D eigenvalue weighted by molar-refractivity contribution is 5.53. The molecule has 0 radical (unpaired) electrons. The van der Waals surface area contributed by atoms with E-state index in [-0.39, 0.29) is 0 Å². The molecular formula is C13H14N4O. The summed E-state index contributed by atoms with van der Waals surface area (Å²) in [7, 11) is 1.59. The van der Waals surface area contributed by atoms with Crippen molar-refractivity contribution < 1.29 is 4.74 Å². The molecule has 92 valence electrons. The number of pyridine rings is 1. The SMILES string of the molecule is COc1cccc(-c2nc(N)cc(C3CC3)n2)n1. The lowest BCUT2D eigenvalue weighted by molar-refractivity contribution is 0.398. The molecule has 0 atom stereocenters. The van der Waals surface area contributed by atoms with Crippen LogP contribution in [0.5, 0.6) is 5.88 Å². The number of nitrogens with zero attached hydrogens (tertiary/aromatic N) is 3. The van der Waals surface area contributed by atoms with Crippen LogP contribution in [0.3, 0.4) is 0 Å². The Morgan fingerprint density at radius 1 is 1.22 bits per heavy atom. The minimum Gasteiger partial charge on any atom is -0.481 e. The van der Waals surface area contributed by atoms with Gasteiger partial charge in [0.2, 0.25) is 5.88 Å². The molecule has 3 rings (SSSR count). The molecule has 5 heteroatoms. The summed E-state index contributed by atoms with van der Waals surface area (Å²) in [4.78, 5) is 13.1. The smallest absolute Gasteiger partial charge is 0.213 e. The van der Waals surface area contributed by atoms with Gasteiger partial charge < -0.3 is 10.5 Å². The van der Waals surface area contributed by atoms with Crippen LogP contribution in [0, 0.1) is 0 Å². The van der Waals surface area contributed by atoms with Gasteiger partial charge in [0.05, 0.1) is 7.11 Å². The first-order valence-corrected chi connectivity index (χ1v) is 5.92. The molecular weight excluding hydrogens is 228 g/mol. The van der Waals surface area contributed by atoms with Gasteiger partial charge in [-0.05, 0) is 18.9 Å². The quantitative estimate of drug-likeness (QED) is 0.891. The standard InChI is InChI=1S/C13H14N4O/c1-18-12-4-2-3-9(15-12)13-16-10(8-5-6-8)7-11(14)17-13/h2-4,7-8H,5-6H2,1H3,(H2,14,16,17). The molecule has 0 aromatic carbocycles. The summed E-state index contributed by atoms with van der Waals surface area (Å²) in [6.07, 6.45) is 2.36. The second kappa shape index (κ2) is 4.25. The molecule has 2 aromatic rings. The normalized spacial score (nSPS) is 14.5. The first-order valence-electron chi connectivity index (χ1n) is 5.92. The monoisotopic (exact) mass is 242 g/mol. The van der Waals surface area contributed by atoms with E-state index in [2.05, 4.69) is 15.0 Å². The number of rotatable bonds is 3. The minimum absolute atomic E-state index is 0.492. The number of nitrogen functional groups attached to an aromatic ring is 1. The molecule has 2 aromatic heterocycles. The first-order chi connectivity index (χ1) is 8.76. The summed E-state index contributed by atoms with van der Waals surface area (Å²) < 4.78 is 5.10. The van der Waals surface area contributed by atoms with Gasteiger partial charge in [-0.2, -0.15) is 0 Å². The molecule has 1 saturated carbocycles.